The summed E-state index contributed by atoms with van der Waals surface area (Å²) in [6.07, 6.45) is 7.86. The van der Waals surface area contributed by atoms with E-state index in [0.717, 1.165) is 62.3 Å². The lowest BCUT2D eigenvalue weighted by molar-refractivity contribution is 0.264. The van der Waals surface area contributed by atoms with Gasteiger partial charge in [0.1, 0.15) is 23.4 Å². The van der Waals surface area contributed by atoms with Crippen molar-refractivity contribution in [1.82, 2.24) is 24.3 Å². The molecule has 2 aliphatic rings. The first-order chi connectivity index (χ1) is 16.6. The van der Waals surface area contributed by atoms with Gasteiger partial charge in [0.15, 0.2) is 5.82 Å². The molecule has 0 spiro atoms. The number of halogens is 1. The summed E-state index contributed by atoms with van der Waals surface area (Å²) in [5.41, 5.74) is 1.47. The van der Waals surface area contributed by atoms with Crippen molar-refractivity contribution in [2.75, 3.05) is 45.1 Å². The Bertz CT molecular complexity index is 1180. The molecule has 0 atom stereocenters. The topological polar surface area (TPSA) is 73.0 Å². The standard InChI is InChI=1S/C26H32FN7/c1-32-14-7-21(8-15-32)29-25-22-9-16-34(13-4-12-33-10-2-3-11-33)26(22)31-24(30-25)19-5-6-20(18-28)23(27)17-19/h5-6,9,16-17,21H,2-4,7-8,10-15H2,1H3,(H,29,30,31). The van der Waals surface area contributed by atoms with Crippen LogP contribution in [0.3, 0.4) is 0 Å². The van der Waals surface area contributed by atoms with Crippen LogP contribution >= 0.6 is 0 Å². The van der Waals surface area contributed by atoms with Crippen LogP contribution in [0.5, 0.6) is 0 Å². The number of aryl methyl sites for hydroxylation is 1. The number of nitrogens with zero attached hydrogens (tertiary/aromatic N) is 6. The van der Waals surface area contributed by atoms with Crippen LogP contribution < -0.4 is 5.32 Å². The van der Waals surface area contributed by atoms with Crippen LogP contribution in [-0.2, 0) is 6.54 Å². The summed E-state index contributed by atoms with van der Waals surface area (Å²) < 4.78 is 16.6. The fraction of sp³-hybridized carbons (Fsp3) is 0.500. The maximum atomic E-state index is 14.4. The van der Waals surface area contributed by atoms with E-state index in [4.69, 9.17) is 15.2 Å². The Balaban J connectivity index is 1.46. The van der Waals surface area contributed by atoms with Gasteiger partial charge < -0.3 is 19.7 Å². The molecule has 5 rings (SSSR count). The highest BCUT2D eigenvalue weighted by molar-refractivity contribution is 5.89. The zero-order valence-corrected chi connectivity index (χ0v) is 19.8. The molecule has 3 aromatic rings. The zero-order valence-electron chi connectivity index (χ0n) is 19.8. The number of nitriles is 1. The number of hydrogen-bond donors (Lipinski definition) is 1. The van der Waals surface area contributed by atoms with Crippen molar-refractivity contribution in [2.45, 2.75) is 44.7 Å². The lowest BCUT2D eigenvalue weighted by atomic mass is 10.1. The highest BCUT2D eigenvalue weighted by Gasteiger charge is 2.20. The summed E-state index contributed by atoms with van der Waals surface area (Å²) in [4.78, 5) is 14.6. The Kier molecular flexibility index (Phi) is 6.75. The Hall–Kier alpha value is -3.02. The number of hydrogen-bond acceptors (Lipinski definition) is 6. The normalized spacial score (nSPS) is 17.9. The van der Waals surface area contributed by atoms with E-state index >= 15 is 0 Å². The molecular formula is C26H32FN7. The Morgan fingerprint density at radius 3 is 2.62 bits per heavy atom. The van der Waals surface area contributed by atoms with E-state index in [9.17, 15) is 4.39 Å². The summed E-state index contributed by atoms with van der Waals surface area (Å²) in [6, 6.07) is 8.90. The minimum absolute atomic E-state index is 0.0276. The highest BCUT2D eigenvalue weighted by Crippen LogP contribution is 2.28. The fourth-order valence-electron chi connectivity index (χ4n) is 5.05. The quantitative estimate of drug-likeness (QED) is 0.571. The number of fused-ring (bicyclic) bond motifs is 1. The summed E-state index contributed by atoms with van der Waals surface area (Å²) in [5, 5.41) is 13.8. The molecule has 7 nitrogen and oxygen atoms in total. The van der Waals surface area contributed by atoms with Gasteiger partial charge in [-0.3, -0.25) is 0 Å². The largest absolute Gasteiger partial charge is 0.367 e. The van der Waals surface area contributed by atoms with E-state index in [1.54, 1.807) is 6.07 Å². The molecule has 0 bridgehead atoms. The minimum atomic E-state index is -0.547. The van der Waals surface area contributed by atoms with Gasteiger partial charge in [0, 0.05) is 24.3 Å². The average Bonchev–Trinajstić information content (AvgIpc) is 3.51. The number of anilines is 1. The third kappa shape index (κ3) is 4.91. The number of nitrogens with one attached hydrogen (secondary N) is 1. The number of likely N-dealkylation sites (tertiary alicyclic amines) is 2. The minimum Gasteiger partial charge on any atom is -0.367 e. The summed E-state index contributed by atoms with van der Waals surface area (Å²) >= 11 is 0. The summed E-state index contributed by atoms with van der Waals surface area (Å²) in [7, 11) is 2.15. The van der Waals surface area contributed by atoms with Crippen molar-refractivity contribution in [3.8, 4) is 17.5 Å². The number of aromatic nitrogens is 3. The summed E-state index contributed by atoms with van der Waals surface area (Å²) in [6.45, 7) is 6.49. The molecular weight excluding hydrogens is 429 g/mol. The predicted octanol–water partition coefficient (Wildman–Crippen LogP) is 4.10. The maximum Gasteiger partial charge on any atom is 0.164 e. The van der Waals surface area contributed by atoms with Gasteiger partial charge in [-0.15, -0.1) is 0 Å². The van der Waals surface area contributed by atoms with Gasteiger partial charge in [-0.25, -0.2) is 14.4 Å². The van der Waals surface area contributed by atoms with Gasteiger partial charge in [0.05, 0.1) is 10.9 Å². The lowest BCUT2D eigenvalue weighted by Gasteiger charge is -2.30. The third-order valence-corrected chi connectivity index (χ3v) is 7.10. The molecule has 1 N–H and O–H groups in total. The van der Waals surface area contributed by atoms with E-state index in [1.165, 1.54) is 38.1 Å². The van der Waals surface area contributed by atoms with Gasteiger partial charge in [-0.2, -0.15) is 5.26 Å². The lowest BCUT2D eigenvalue weighted by Crippen LogP contribution is -2.36. The second-order valence-corrected chi connectivity index (χ2v) is 9.57. The third-order valence-electron chi connectivity index (χ3n) is 7.10. The van der Waals surface area contributed by atoms with Crippen molar-refractivity contribution < 1.29 is 4.39 Å². The molecule has 178 valence electrons. The molecule has 8 heteroatoms. The van der Waals surface area contributed by atoms with Gasteiger partial charge in [0.2, 0.25) is 0 Å². The van der Waals surface area contributed by atoms with Crippen LogP contribution in [0.4, 0.5) is 10.2 Å². The van der Waals surface area contributed by atoms with E-state index in [2.05, 4.69) is 39.0 Å². The van der Waals surface area contributed by atoms with Gasteiger partial charge in [-0.1, -0.05) is 0 Å². The van der Waals surface area contributed by atoms with Crippen LogP contribution in [-0.4, -0.2) is 70.1 Å². The Morgan fingerprint density at radius 1 is 1.09 bits per heavy atom. The van der Waals surface area contributed by atoms with Crippen molar-refractivity contribution in [3.63, 3.8) is 0 Å². The molecule has 0 saturated carbocycles. The molecule has 1 aromatic carbocycles. The second kappa shape index (κ2) is 10.1. The smallest absolute Gasteiger partial charge is 0.164 e. The van der Waals surface area contributed by atoms with Crippen molar-refractivity contribution in [1.29, 1.82) is 5.26 Å². The highest BCUT2D eigenvalue weighted by atomic mass is 19.1. The van der Waals surface area contributed by atoms with E-state index in [-0.39, 0.29) is 5.56 Å². The van der Waals surface area contributed by atoms with E-state index < -0.39 is 5.82 Å². The monoisotopic (exact) mass is 461 g/mol. The molecule has 0 amide bonds. The second-order valence-electron chi connectivity index (χ2n) is 9.57. The molecule has 34 heavy (non-hydrogen) atoms. The van der Waals surface area contributed by atoms with Crippen LogP contribution in [0.1, 0.15) is 37.7 Å². The number of rotatable bonds is 7. The molecule has 2 fully saturated rings. The average molecular weight is 462 g/mol. The Morgan fingerprint density at radius 2 is 1.88 bits per heavy atom. The van der Waals surface area contributed by atoms with Crippen LogP contribution in [0, 0.1) is 17.1 Å². The van der Waals surface area contributed by atoms with E-state index in [0.29, 0.717) is 17.4 Å². The fourth-order valence-corrected chi connectivity index (χ4v) is 5.05. The Labute approximate surface area is 200 Å². The molecule has 0 aliphatic carbocycles. The zero-order chi connectivity index (χ0) is 23.5. The maximum absolute atomic E-state index is 14.4. The van der Waals surface area contributed by atoms with Crippen molar-refractivity contribution in [3.05, 3.63) is 41.8 Å². The molecule has 4 heterocycles. The van der Waals surface area contributed by atoms with Gasteiger partial charge >= 0.3 is 0 Å². The number of piperidine rings is 1. The number of benzene rings is 1. The first kappa shape index (κ1) is 22.8. The first-order valence-electron chi connectivity index (χ1n) is 12.3. The first-order valence-corrected chi connectivity index (χ1v) is 12.3. The molecule has 0 radical (unpaired) electrons. The van der Waals surface area contributed by atoms with Crippen molar-refractivity contribution >= 4 is 16.9 Å². The predicted molar refractivity (Wildman–Crippen MR) is 132 cm³/mol. The molecule has 2 aliphatic heterocycles. The molecule has 0 unspecified atom stereocenters. The van der Waals surface area contributed by atoms with Gasteiger partial charge in [0.25, 0.3) is 0 Å². The SMILES string of the molecule is CN1CCC(Nc2nc(-c3ccc(C#N)c(F)c3)nc3c2ccn3CCCN2CCCC2)CC1. The molecule has 2 aromatic heterocycles. The van der Waals surface area contributed by atoms with Gasteiger partial charge in [-0.05, 0) is 96.1 Å². The van der Waals surface area contributed by atoms with Crippen LogP contribution in [0.15, 0.2) is 30.5 Å². The summed E-state index contributed by atoms with van der Waals surface area (Å²) in [5.74, 6) is 0.734. The van der Waals surface area contributed by atoms with Crippen LogP contribution in [0.25, 0.3) is 22.4 Å². The van der Waals surface area contributed by atoms with Crippen molar-refractivity contribution in [2.24, 2.45) is 0 Å². The van der Waals surface area contributed by atoms with E-state index in [1.807, 2.05) is 6.07 Å². The molecule has 2 saturated heterocycles. The van der Waals surface area contributed by atoms with Crippen LogP contribution in [0.2, 0.25) is 0 Å².